The zero-order valence-electron chi connectivity index (χ0n) is 27.3. The first-order valence-electron chi connectivity index (χ1n) is 14.8. The second kappa shape index (κ2) is 14.5. The van der Waals surface area contributed by atoms with Gasteiger partial charge in [-0.3, -0.25) is 14.5 Å². The minimum atomic E-state index is -4.68. The highest BCUT2D eigenvalue weighted by Gasteiger charge is 2.38. The van der Waals surface area contributed by atoms with Crippen molar-refractivity contribution in [3.8, 4) is 18.1 Å². The van der Waals surface area contributed by atoms with E-state index in [2.05, 4.69) is 26.5 Å². The molecule has 0 bridgehead atoms. The first-order valence-corrected chi connectivity index (χ1v) is 15.7. The standard InChI is InChI=1S/C33H35F3N6O5S/c1-8-21-16-41(12-13-42(21)31(45)47-32(4,5)6)17-26(24-18-48-30(39-24)33(34,35)36)46-25-14-20(3)22(15-23(25)28(43)37-7)29(44)40-27-19(2)10-9-11-38-27/h1,9-11,14-15,18,26H,12-13,16-17H2,2-7H3,(H-,37,38,40,43,44)/p+1. The molecule has 1 aliphatic heterocycles. The molecular formula is C33H36F3N6O5S+. The van der Waals surface area contributed by atoms with E-state index in [0.717, 1.165) is 5.56 Å². The number of nitrogens with zero attached hydrogens (tertiary/aromatic N) is 4. The van der Waals surface area contributed by atoms with Crippen LogP contribution in [0.1, 0.15) is 69.4 Å². The van der Waals surface area contributed by atoms with E-state index in [-0.39, 0.29) is 48.7 Å². The molecule has 0 saturated heterocycles. The van der Waals surface area contributed by atoms with E-state index >= 15 is 0 Å². The number of nitrogens with one attached hydrogen (secondary N) is 2. The van der Waals surface area contributed by atoms with Crippen LogP contribution in [0.5, 0.6) is 5.75 Å². The van der Waals surface area contributed by atoms with Crippen LogP contribution in [0, 0.1) is 26.2 Å². The van der Waals surface area contributed by atoms with Crippen molar-refractivity contribution in [2.24, 2.45) is 0 Å². The van der Waals surface area contributed by atoms with Gasteiger partial charge in [0.05, 0.1) is 24.3 Å². The molecule has 48 heavy (non-hydrogen) atoms. The number of pyridine rings is 1. The molecule has 11 nitrogen and oxygen atoms in total. The predicted octanol–water partition coefficient (Wildman–Crippen LogP) is 5.24. The lowest BCUT2D eigenvalue weighted by atomic mass is 10.0. The third kappa shape index (κ3) is 8.75. The van der Waals surface area contributed by atoms with Gasteiger partial charge in [0, 0.05) is 30.7 Å². The van der Waals surface area contributed by atoms with E-state index < -0.39 is 40.8 Å². The van der Waals surface area contributed by atoms with Gasteiger partial charge < -0.3 is 20.1 Å². The summed E-state index contributed by atoms with van der Waals surface area (Å²) in [5, 5.41) is 5.45. The first-order chi connectivity index (χ1) is 22.5. The van der Waals surface area contributed by atoms with Crippen molar-refractivity contribution < 1.29 is 41.6 Å². The third-order valence-corrected chi connectivity index (χ3v) is 8.10. The van der Waals surface area contributed by atoms with Gasteiger partial charge in [-0.15, -0.1) is 22.3 Å². The Morgan fingerprint density at radius 1 is 1.15 bits per heavy atom. The molecule has 0 spiro atoms. The van der Waals surface area contributed by atoms with Crippen LogP contribution in [0.3, 0.4) is 0 Å². The number of benzene rings is 1. The lowest BCUT2D eigenvalue weighted by molar-refractivity contribution is -0.457. The molecule has 4 rings (SSSR count). The van der Waals surface area contributed by atoms with E-state index in [1.807, 2.05) is 4.90 Å². The Morgan fingerprint density at radius 2 is 1.88 bits per heavy atom. The normalized spacial score (nSPS) is 14.6. The predicted molar refractivity (Wildman–Crippen MR) is 174 cm³/mol. The molecule has 0 radical (unpaired) electrons. The average molecular weight is 686 g/mol. The van der Waals surface area contributed by atoms with Crippen LogP contribution in [-0.4, -0.2) is 81.9 Å². The van der Waals surface area contributed by atoms with Gasteiger partial charge in [0.2, 0.25) is 0 Å². The van der Waals surface area contributed by atoms with E-state index in [0.29, 0.717) is 28.4 Å². The number of rotatable bonds is 8. The topological polar surface area (TPSA) is 126 Å². The zero-order chi connectivity index (χ0) is 35.4. The summed E-state index contributed by atoms with van der Waals surface area (Å²) >= 11 is 0.419. The second-order valence-electron chi connectivity index (χ2n) is 12.0. The van der Waals surface area contributed by atoms with Crippen LogP contribution in [-0.2, 0) is 10.9 Å². The molecule has 254 valence electrons. The Kier molecular flexibility index (Phi) is 10.9. The van der Waals surface area contributed by atoms with Crippen LogP contribution < -0.4 is 15.4 Å². The Morgan fingerprint density at radius 3 is 2.48 bits per heavy atom. The van der Waals surface area contributed by atoms with Crippen molar-refractivity contribution in [3.63, 3.8) is 0 Å². The van der Waals surface area contributed by atoms with Gasteiger partial charge in [-0.05, 0) is 69.9 Å². The van der Waals surface area contributed by atoms with Crippen LogP contribution in [0.2, 0.25) is 0 Å². The summed E-state index contributed by atoms with van der Waals surface area (Å²) in [7, 11) is 1.40. The van der Waals surface area contributed by atoms with Crippen molar-refractivity contribution in [2.75, 3.05) is 38.5 Å². The van der Waals surface area contributed by atoms with Gasteiger partial charge in [-0.1, -0.05) is 6.07 Å². The van der Waals surface area contributed by atoms with Crippen molar-refractivity contribution in [1.29, 1.82) is 0 Å². The van der Waals surface area contributed by atoms with Crippen molar-refractivity contribution in [3.05, 3.63) is 68.8 Å². The summed E-state index contributed by atoms with van der Waals surface area (Å²) in [6.07, 6.45) is 0.885. The minimum Gasteiger partial charge on any atom is -0.482 e. The molecule has 0 fully saturated rings. The fraction of sp³-hybridized carbons (Fsp3) is 0.394. The number of aromatic nitrogens is 2. The minimum absolute atomic E-state index is 0.00178. The van der Waals surface area contributed by atoms with Crippen molar-refractivity contribution >= 4 is 40.8 Å². The number of halogens is 3. The van der Waals surface area contributed by atoms with E-state index in [9.17, 15) is 27.6 Å². The largest absolute Gasteiger partial charge is 0.597 e. The van der Waals surface area contributed by atoms with Crippen LogP contribution in [0.15, 0.2) is 35.8 Å². The van der Waals surface area contributed by atoms with E-state index in [1.165, 1.54) is 35.3 Å². The number of hydrogen-bond acceptors (Lipinski definition) is 9. The molecular weight excluding hydrogens is 649 g/mol. The van der Waals surface area contributed by atoms with Gasteiger partial charge in [0.1, 0.15) is 17.2 Å². The highest BCUT2D eigenvalue weighted by atomic mass is 32.1. The molecule has 15 heteroatoms. The van der Waals surface area contributed by atoms with Crippen LogP contribution >= 0.6 is 11.3 Å². The number of carbonyl (C=O) groups excluding carboxylic acids is 3. The van der Waals surface area contributed by atoms with Crippen LogP contribution in [0.25, 0.3) is 0 Å². The number of anilines is 1. The average Bonchev–Trinajstić information content (AvgIpc) is 3.52. The van der Waals surface area contributed by atoms with Gasteiger partial charge in [0.15, 0.2) is 17.7 Å². The Balaban J connectivity index is 1.69. The summed E-state index contributed by atoms with van der Waals surface area (Å²) in [4.78, 5) is 49.0. The van der Waals surface area contributed by atoms with Crippen molar-refractivity contribution in [2.45, 2.75) is 52.5 Å². The van der Waals surface area contributed by atoms with Gasteiger partial charge in [0.25, 0.3) is 17.5 Å². The fourth-order valence-corrected chi connectivity index (χ4v) is 5.55. The molecule has 1 aromatic carbocycles. The molecule has 1 atom stereocenters. The Hall–Kier alpha value is -4.81. The summed E-state index contributed by atoms with van der Waals surface area (Å²) in [5.41, 5.74) is 0.861. The maximum absolute atomic E-state index is 13.6. The third-order valence-electron chi connectivity index (χ3n) is 7.19. The molecule has 3 amide bonds. The van der Waals surface area contributed by atoms with Crippen LogP contribution in [0.4, 0.5) is 23.8 Å². The number of alkyl halides is 3. The number of hydrogen-bond donors (Lipinski definition) is 2. The van der Waals surface area contributed by atoms with E-state index in [4.69, 9.17) is 15.9 Å². The molecule has 1 aliphatic rings. The number of terminal acetylenes is 1. The van der Waals surface area contributed by atoms with E-state index in [1.54, 1.807) is 46.8 Å². The molecule has 3 aromatic rings. The monoisotopic (exact) mass is 685 g/mol. The highest BCUT2D eigenvalue weighted by Crippen LogP contribution is 2.35. The van der Waals surface area contributed by atoms with Crippen molar-refractivity contribution in [1.82, 2.24) is 20.2 Å². The molecule has 0 aliphatic carbocycles. The maximum Gasteiger partial charge on any atom is 0.597 e. The first kappa shape index (κ1) is 36.0. The summed E-state index contributed by atoms with van der Waals surface area (Å²) in [5.74, 6) is 1.79. The molecule has 2 aromatic heterocycles. The van der Waals surface area contributed by atoms with Gasteiger partial charge in [-0.2, -0.15) is 18.0 Å². The lowest BCUT2D eigenvalue weighted by Gasteiger charge is -2.29. The number of aryl methyl sites for hydroxylation is 2. The summed E-state index contributed by atoms with van der Waals surface area (Å²) in [6, 6.07) is 6.36. The fourth-order valence-electron chi connectivity index (χ4n) is 4.82. The highest BCUT2D eigenvalue weighted by molar-refractivity contribution is 7.09. The zero-order valence-corrected chi connectivity index (χ0v) is 28.1. The Labute approximate surface area is 280 Å². The Bertz CT molecular complexity index is 1790. The van der Waals surface area contributed by atoms with Gasteiger partial charge in [-0.25, -0.2) is 9.97 Å². The number of carbonyl (C=O) groups is 3. The molecule has 3 heterocycles. The molecule has 1 unspecified atom stereocenters. The molecule has 0 saturated carbocycles. The lowest BCUT2D eigenvalue weighted by Crippen LogP contribution is -2.49. The smallest absolute Gasteiger partial charge is 0.482 e. The summed E-state index contributed by atoms with van der Waals surface area (Å²) < 4.78 is 53.9. The number of ether oxygens (including phenoxy) is 2. The SMILES string of the molecule is C#CC1=[N+](C(=O)OC(C)(C)C)CCN(CC(Oc2cc(C)c(C(=O)Nc3ncccc3C)cc2C(=O)NC)c2csc(C(F)(F)F)n2)C1. The van der Waals surface area contributed by atoms with Gasteiger partial charge >= 0.3 is 12.3 Å². The maximum atomic E-state index is 13.6. The quantitative estimate of drug-likeness (QED) is 0.244. The molecule has 2 N–H and O–H groups in total. The summed E-state index contributed by atoms with van der Waals surface area (Å²) in [6.45, 7) is 9.17. The number of amides is 3. The second-order valence-corrected chi connectivity index (χ2v) is 12.9. The number of thiazole rings is 1.